The van der Waals surface area contributed by atoms with E-state index in [0.29, 0.717) is 17.5 Å². The fraction of sp³-hybridized carbons (Fsp3) is 0.188. The van der Waals surface area contributed by atoms with Crippen molar-refractivity contribution in [3.05, 3.63) is 47.5 Å². The summed E-state index contributed by atoms with van der Waals surface area (Å²) in [5, 5.41) is 11.1. The Morgan fingerprint density at radius 1 is 1.42 bits per heavy atom. The van der Waals surface area contributed by atoms with E-state index in [9.17, 15) is 14.0 Å². The Balaban J connectivity index is 1.88. The zero-order chi connectivity index (χ0) is 17.3. The number of carbonyl (C=O) groups is 2. The Kier molecular flexibility index (Phi) is 4.35. The van der Waals surface area contributed by atoms with Gasteiger partial charge in [-0.25, -0.2) is 14.2 Å². The second-order valence-corrected chi connectivity index (χ2v) is 5.65. The van der Waals surface area contributed by atoms with Gasteiger partial charge in [-0.1, -0.05) is 17.7 Å². The molecule has 8 heteroatoms. The number of carboxylic acid groups (broad SMARTS) is 1. The molecule has 6 nitrogen and oxygen atoms in total. The average molecular weight is 350 g/mol. The van der Waals surface area contributed by atoms with Crippen molar-refractivity contribution in [3.8, 4) is 11.1 Å². The minimum Gasteiger partial charge on any atom is -0.465 e. The van der Waals surface area contributed by atoms with Crippen LogP contribution in [-0.2, 0) is 4.79 Å². The Labute approximate surface area is 141 Å². The Bertz CT molecular complexity index is 815. The SMILES string of the molecule is O=C(O)NC1CCN(c2ccc(-c3cccnc3Cl)cc2F)C1=O. The maximum absolute atomic E-state index is 14.5. The molecule has 2 heterocycles. The van der Waals surface area contributed by atoms with Gasteiger partial charge in [-0.05, 0) is 36.2 Å². The number of benzene rings is 1. The zero-order valence-corrected chi connectivity index (χ0v) is 13.1. The second kappa shape index (κ2) is 6.45. The molecular weight excluding hydrogens is 337 g/mol. The third-order valence-electron chi connectivity index (χ3n) is 3.81. The summed E-state index contributed by atoms with van der Waals surface area (Å²) in [5.41, 5.74) is 1.24. The van der Waals surface area contributed by atoms with Crippen LogP contribution in [0.25, 0.3) is 11.1 Å². The number of pyridine rings is 1. The van der Waals surface area contributed by atoms with E-state index in [1.54, 1.807) is 18.2 Å². The monoisotopic (exact) mass is 349 g/mol. The number of aromatic nitrogens is 1. The number of anilines is 1. The highest BCUT2D eigenvalue weighted by Crippen LogP contribution is 2.31. The normalized spacial score (nSPS) is 17.2. The molecule has 0 saturated carbocycles. The lowest BCUT2D eigenvalue weighted by atomic mass is 10.1. The quantitative estimate of drug-likeness (QED) is 0.835. The lowest BCUT2D eigenvalue weighted by Gasteiger charge is -2.18. The smallest absolute Gasteiger partial charge is 0.405 e. The van der Waals surface area contributed by atoms with E-state index in [1.807, 2.05) is 0 Å². The number of nitrogens with zero attached hydrogens (tertiary/aromatic N) is 2. The number of rotatable bonds is 3. The van der Waals surface area contributed by atoms with Crippen molar-refractivity contribution < 1.29 is 19.1 Å². The highest BCUT2D eigenvalue weighted by molar-refractivity contribution is 6.32. The minimum atomic E-state index is -1.28. The van der Waals surface area contributed by atoms with Gasteiger partial charge >= 0.3 is 6.09 Å². The maximum atomic E-state index is 14.5. The summed E-state index contributed by atoms with van der Waals surface area (Å²) in [6.07, 6.45) is 0.549. The van der Waals surface area contributed by atoms with Gasteiger partial charge in [0.15, 0.2) is 0 Å². The van der Waals surface area contributed by atoms with Gasteiger partial charge < -0.3 is 15.3 Å². The van der Waals surface area contributed by atoms with Crippen LogP contribution in [0.5, 0.6) is 0 Å². The van der Waals surface area contributed by atoms with Gasteiger partial charge in [0.05, 0.1) is 5.69 Å². The first kappa shape index (κ1) is 16.2. The molecule has 2 amide bonds. The van der Waals surface area contributed by atoms with Crippen molar-refractivity contribution in [2.45, 2.75) is 12.5 Å². The lowest BCUT2D eigenvalue weighted by Crippen LogP contribution is -2.41. The standard InChI is InChI=1S/C16H13ClFN3O3/c17-14-10(2-1-6-19-14)9-3-4-13(11(18)8-9)21-7-5-12(15(21)22)20-16(23)24/h1-4,6,8,12,20H,5,7H2,(H,23,24). The van der Waals surface area contributed by atoms with E-state index in [-0.39, 0.29) is 17.4 Å². The van der Waals surface area contributed by atoms with Gasteiger partial charge in [-0.2, -0.15) is 0 Å². The van der Waals surface area contributed by atoms with Crippen molar-refractivity contribution in [3.63, 3.8) is 0 Å². The predicted octanol–water partition coefficient (Wildman–Crippen LogP) is 2.91. The predicted molar refractivity (Wildman–Crippen MR) is 86.6 cm³/mol. The van der Waals surface area contributed by atoms with Crippen LogP contribution in [-0.4, -0.2) is 34.7 Å². The fourth-order valence-corrected chi connectivity index (χ4v) is 2.93. The molecule has 0 spiro atoms. The summed E-state index contributed by atoms with van der Waals surface area (Å²) in [4.78, 5) is 28.1. The summed E-state index contributed by atoms with van der Waals surface area (Å²) < 4.78 is 14.5. The molecule has 1 aromatic carbocycles. The maximum Gasteiger partial charge on any atom is 0.405 e. The highest BCUT2D eigenvalue weighted by Gasteiger charge is 2.34. The molecule has 1 aliphatic rings. The van der Waals surface area contributed by atoms with E-state index < -0.39 is 23.9 Å². The first-order valence-electron chi connectivity index (χ1n) is 7.18. The lowest BCUT2D eigenvalue weighted by molar-refractivity contribution is -0.118. The number of carbonyl (C=O) groups excluding carboxylic acids is 1. The van der Waals surface area contributed by atoms with Gasteiger partial charge in [-0.3, -0.25) is 4.79 Å². The van der Waals surface area contributed by atoms with Crippen LogP contribution >= 0.6 is 11.6 Å². The van der Waals surface area contributed by atoms with Crippen molar-refractivity contribution >= 4 is 29.3 Å². The molecule has 0 radical (unpaired) electrons. The number of halogens is 2. The van der Waals surface area contributed by atoms with Crippen molar-refractivity contribution in [1.82, 2.24) is 10.3 Å². The number of hydrogen-bond acceptors (Lipinski definition) is 3. The number of amides is 2. The zero-order valence-electron chi connectivity index (χ0n) is 12.4. The molecule has 124 valence electrons. The van der Waals surface area contributed by atoms with Crippen LogP contribution in [0.15, 0.2) is 36.5 Å². The van der Waals surface area contributed by atoms with Crippen LogP contribution in [0.2, 0.25) is 5.15 Å². The van der Waals surface area contributed by atoms with Crippen LogP contribution in [0.4, 0.5) is 14.9 Å². The summed E-state index contributed by atoms with van der Waals surface area (Å²) in [6.45, 7) is 0.244. The summed E-state index contributed by atoms with van der Waals surface area (Å²) >= 11 is 6.01. The van der Waals surface area contributed by atoms with Crippen LogP contribution in [0, 0.1) is 5.82 Å². The molecule has 0 aliphatic carbocycles. The van der Waals surface area contributed by atoms with E-state index in [4.69, 9.17) is 16.7 Å². The third kappa shape index (κ3) is 3.03. The number of nitrogens with one attached hydrogen (secondary N) is 1. The van der Waals surface area contributed by atoms with E-state index in [1.165, 1.54) is 23.2 Å². The average Bonchev–Trinajstić information content (AvgIpc) is 2.88. The molecule has 1 fully saturated rings. The molecule has 1 saturated heterocycles. The molecule has 1 atom stereocenters. The van der Waals surface area contributed by atoms with E-state index in [2.05, 4.69) is 10.3 Å². The van der Waals surface area contributed by atoms with E-state index >= 15 is 0 Å². The van der Waals surface area contributed by atoms with Gasteiger partial charge in [-0.15, -0.1) is 0 Å². The van der Waals surface area contributed by atoms with Crippen LogP contribution in [0.3, 0.4) is 0 Å². The molecule has 2 aromatic rings. The van der Waals surface area contributed by atoms with Gasteiger partial charge in [0.2, 0.25) is 5.91 Å². The molecule has 0 bridgehead atoms. The molecule has 1 unspecified atom stereocenters. The fourth-order valence-electron chi connectivity index (χ4n) is 2.70. The largest absolute Gasteiger partial charge is 0.465 e. The Morgan fingerprint density at radius 2 is 2.21 bits per heavy atom. The molecule has 2 N–H and O–H groups in total. The van der Waals surface area contributed by atoms with Crippen molar-refractivity contribution in [2.75, 3.05) is 11.4 Å². The minimum absolute atomic E-state index is 0.110. The molecule has 1 aliphatic heterocycles. The van der Waals surface area contributed by atoms with Gasteiger partial charge in [0.25, 0.3) is 0 Å². The van der Waals surface area contributed by atoms with Gasteiger partial charge in [0, 0.05) is 18.3 Å². The second-order valence-electron chi connectivity index (χ2n) is 5.29. The van der Waals surface area contributed by atoms with Gasteiger partial charge in [0.1, 0.15) is 17.0 Å². The Morgan fingerprint density at radius 3 is 2.88 bits per heavy atom. The number of hydrogen-bond donors (Lipinski definition) is 2. The topological polar surface area (TPSA) is 82.5 Å². The molecule has 1 aromatic heterocycles. The highest BCUT2D eigenvalue weighted by atomic mass is 35.5. The van der Waals surface area contributed by atoms with Crippen LogP contribution in [0.1, 0.15) is 6.42 Å². The molecule has 3 rings (SSSR count). The molecule has 24 heavy (non-hydrogen) atoms. The first-order valence-corrected chi connectivity index (χ1v) is 7.56. The Hall–Kier alpha value is -2.67. The summed E-state index contributed by atoms with van der Waals surface area (Å²) in [6, 6.07) is 6.97. The van der Waals surface area contributed by atoms with E-state index in [0.717, 1.165) is 0 Å². The first-order chi connectivity index (χ1) is 11.5. The van der Waals surface area contributed by atoms with Crippen LogP contribution < -0.4 is 10.2 Å². The third-order valence-corrected chi connectivity index (χ3v) is 4.11. The summed E-state index contributed by atoms with van der Waals surface area (Å²) in [7, 11) is 0. The summed E-state index contributed by atoms with van der Waals surface area (Å²) in [5.74, 6) is -1.06. The van der Waals surface area contributed by atoms with Crippen molar-refractivity contribution in [2.24, 2.45) is 0 Å². The van der Waals surface area contributed by atoms with Crippen molar-refractivity contribution in [1.29, 1.82) is 0 Å². The molecular formula is C16H13ClFN3O3.